The second kappa shape index (κ2) is 4.36. The lowest BCUT2D eigenvalue weighted by Crippen LogP contribution is -1.93. The van der Waals surface area contributed by atoms with Crippen LogP contribution in [0.2, 0.25) is 0 Å². The molecule has 0 aliphatic heterocycles. The van der Waals surface area contributed by atoms with E-state index in [0.717, 1.165) is 11.1 Å². The van der Waals surface area contributed by atoms with Crippen LogP contribution in [0.5, 0.6) is 0 Å². The molecule has 2 heterocycles. The van der Waals surface area contributed by atoms with Crippen LogP contribution in [0.1, 0.15) is 5.56 Å². The van der Waals surface area contributed by atoms with Crippen molar-refractivity contribution >= 4 is 11.6 Å². The van der Waals surface area contributed by atoms with Crippen LogP contribution in [0, 0.1) is 5.95 Å². The highest BCUT2D eigenvalue weighted by Gasteiger charge is 2.07. The second-order valence-corrected chi connectivity index (χ2v) is 3.28. The van der Waals surface area contributed by atoms with Crippen molar-refractivity contribution in [2.45, 2.75) is 5.88 Å². The lowest BCUT2D eigenvalue weighted by Gasteiger charge is -2.05. The summed E-state index contributed by atoms with van der Waals surface area (Å²) in [6, 6.07) is 6.54. The molecule has 0 aromatic carbocycles. The van der Waals surface area contributed by atoms with E-state index in [9.17, 15) is 4.39 Å². The molecule has 0 spiro atoms. The number of halogens is 2. The summed E-state index contributed by atoms with van der Waals surface area (Å²) in [4.78, 5) is 7.78. The summed E-state index contributed by atoms with van der Waals surface area (Å²) >= 11 is 5.75. The van der Waals surface area contributed by atoms with Gasteiger partial charge < -0.3 is 0 Å². The van der Waals surface area contributed by atoms with E-state index < -0.39 is 5.95 Å². The molecule has 2 nitrogen and oxygen atoms in total. The van der Waals surface area contributed by atoms with Crippen molar-refractivity contribution in [1.82, 2.24) is 9.97 Å². The fourth-order valence-corrected chi connectivity index (χ4v) is 1.54. The number of pyridine rings is 2. The average molecular weight is 223 g/mol. The van der Waals surface area contributed by atoms with E-state index >= 15 is 0 Å². The lowest BCUT2D eigenvalue weighted by molar-refractivity contribution is 0.584. The van der Waals surface area contributed by atoms with Crippen LogP contribution >= 0.6 is 11.6 Å². The van der Waals surface area contributed by atoms with Gasteiger partial charge in [0.2, 0.25) is 5.95 Å². The summed E-state index contributed by atoms with van der Waals surface area (Å²) in [6.45, 7) is 0. The van der Waals surface area contributed by atoms with Gasteiger partial charge in [0.05, 0.1) is 5.69 Å². The molecule has 2 aromatic heterocycles. The van der Waals surface area contributed by atoms with Gasteiger partial charge in [-0.1, -0.05) is 6.07 Å². The largest absolute Gasteiger partial charge is 0.264 e. The summed E-state index contributed by atoms with van der Waals surface area (Å²) in [6.07, 6.45) is 3.29. The normalized spacial score (nSPS) is 10.3. The minimum Gasteiger partial charge on any atom is -0.264 e. The Bertz CT molecular complexity index is 459. The Kier molecular flexibility index (Phi) is 2.92. The molecule has 0 atom stereocenters. The zero-order chi connectivity index (χ0) is 10.7. The number of alkyl halides is 1. The van der Waals surface area contributed by atoms with Gasteiger partial charge >= 0.3 is 0 Å². The first kappa shape index (κ1) is 10.1. The summed E-state index contributed by atoms with van der Waals surface area (Å²) in [5.41, 5.74) is 2.12. The van der Waals surface area contributed by atoms with Gasteiger partial charge in [0.1, 0.15) is 0 Å². The van der Waals surface area contributed by atoms with Crippen molar-refractivity contribution in [3.8, 4) is 11.3 Å². The molecule has 0 amide bonds. The van der Waals surface area contributed by atoms with Gasteiger partial charge in [0, 0.05) is 23.8 Å². The van der Waals surface area contributed by atoms with Gasteiger partial charge in [0.25, 0.3) is 0 Å². The van der Waals surface area contributed by atoms with Crippen LogP contribution in [0.15, 0.2) is 36.7 Å². The predicted molar refractivity (Wildman–Crippen MR) is 57.0 cm³/mol. The molecule has 0 N–H and O–H groups in total. The Balaban J connectivity index is 2.56. The molecule has 15 heavy (non-hydrogen) atoms. The highest BCUT2D eigenvalue weighted by Crippen LogP contribution is 2.22. The fourth-order valence-electron chi connectivity index (χ4n) is 1.32. The van der Waals surface area contributed by atoms with Gasteiger partial charge in [-0.3, -0.25) is 4.98 Å². The Morgan fingerprint density at radius 3 is 2.80 bits per heavy atom. The number of hydrogen-bond donors (Lipinski definition) is 0. The van der Waals surface area contributed by atoms with E-state index in [2.05, 4.69) is 9.97 Å². The van der Waals surface area contributed by atoms with Crippen LogP contribution in [0.4, 0.5) is 4.39 Å². The maximum absolute atomic E-state index is 13.0. The predicted octanol–water partition coefficient (Wildman–Crippen LogP) is 3.02. The Morgan fingerprint density at radius 2 is 2.13 bits per heavy atom. The molecule has 0 aliphatic carbocycles. The molecule has 0 unspecified atom stereocenters. The molecule has 0 radical (unpaired) electrons. The third-order valence-electron chi connectivity index (χ3n) is 2.02. The first-order valence-corrected chi connectivity index (χ1v) is 4.96. The third kappa shape index (κ3) is 2.13. The van der Waals surface area contributed by atoms with Crippen molar-refractivity contribution in [3.05, 3.63) is 48.2 Å². The maximum Gasteiger partial charge on any atom is 0.213 e. The van der Waals surface area contributed by atoms with Crippen LogP contribution in [-0.4, -0.2) is 9.97 Å². The van der Waals surface area contributed by atoms with Crippen molar-refractivity contribution in [2.75, 3.05) is 0 Å². The van der Waals surface area contributed by atoms with Gasteiger partial charge in [0.15, 0.2) is 0 Å². The second-order valence-electron chi connectivity index (χ2n) is 3.02. The van der Waals surface area contributed by atoms with E-state index in [-0.39, 0.29) is 0 Å². The van der Waals surface area contributed by atoms with Crippen molar-refractivity contribution < 1.29 is 4.39 Å². The first-order chi connectivity index (χ1) is 7.31. The van der Waals surface area contributed by atoms with Crippen LogP contribution < -0.4 is 0 Å². The molecule has 0 saturated heterocycles. The molecular formula is C11H8ClFN2. The topological polar surface area (TPSA) is 25.8 Å². The van der Waals surface area contributed by atoms with Crippen molar-refractivity contribution in [2.24, 2.45) is 0 Å². The molecular weight excluding hydrogens is 215 g/mol. The molecule has 4 heteroatoms. The summed E-state index contributed by atoms with van der Waals surface area (Å²) < 4.78 is 13.0. The van der Waals surface area contributed by atoms with Crippen LogP contribution in [0.25, 0.3) is 11.3 Å². The lowest BCUT2D eigenvalue weighted by atomic mass is 10.1. The molecule has 2 rings (SSSR count). The standard InChI is InChI=1S/C11H8ClFN2/c12-6-8-3-4-10(13)15-11(8)9-2-1-5-14-7-9/h1-5,7H,6H2. The number of rotatable bonds is 2. The summed E-state index contributed by atoms with van der Waals surface area (Å²) in [5, 5.41) is 0. The molecule has 0 saturated carbocycles. The Morgan fingerprint density at radius 1 is 1.27 bits per heavy atom. The highest BCUT2D eigenvalue weighted by molar-refractivity contribution is 6.17. The smallest absolute Gasteiger partial charge is 0.213 e. The molecule has 76 valence electrons. The fraction of sp³-hybridized carbons (Fsp3) is 0.0909. The summed E-state index contributed by atoms with van der Waals surface area (Å²) in [5.74, 6) is -0.208. The molecule has 2 aromatic rings. The van der Waals surface area contributed by atoms with Crippen molar-refractivity contribution in [1.29, 1.82) is 0 Å². The molecule has 0 bridgehead atoms. The van der Waals surface area contributed by atoms with E-state index in [1.165, 1.54) is 6.07 Å². The first-order valence-electron chi connectivity index (χ1n) is 4.43. The average Bonchev–Trinajstić information content (AvgIpc) is 2.30. The van der Waals surface area contributed by atoms with Gasteiger partial charge in [-0.15, -0.1) is 11.6 Å². The third-order valence-corrected chi connectivity index (χ3v) is 2.31. The minimum atomic E-state index is -0.511. The molecule has 0 fully saturated rings. The SMILES string of the molecule is Fc1ccc(CCl)c(-c2cccnc2)n1. The highest BCUT2D eigenvalue weighted by atomic mass is 35.5. The monoisotopic (exact) mass is 222 g/mol. The zero-order valence-corrected chi connectivity index (χ0v) is 8.58. The van der Waals surface area contributed by atoms with E-state index in [1.807, 2.05) is 6.07 Å². The Hall–Kier alpha value is -1.48. The zero-order valence-electron chi connectivity index (χ0n) is 7.82. The van der Waals surface area contributed by atoms with E-state index in [0.29, 0.717) is 11.6 Å². The van der Waals surface area contributed by atoms with Gasteiger partial charge in [-0.25, -0.2) is 4.98 Å². The quantitative estimate of drug-likeness (QED) is 0.577. The van der Waals surface area contributed by atoms with E-state index in [1.54, 1.807) is 24.5 Å². The minimum absolute atomic E-state index is 0.303. The Labute approximate surface area is 91.8 Å². The van der Waals surface area contributed by atoms with Gasteiger partial charge in [-0.05, 0) is 23.8 Å². The van der Waals surface area contributed by atoms with Crippen molar-refractivity contribution in [3.63, 3.8) is 0 Å². The number of hydrogen-bond acceptors (Lipinski definition) is 2. The van der Waals surface area contributed by atoms with E-state index in [4.69, 9.17) is 11.6 Å². The van der Waals surface area contributed by atoms with Crippen LogP contribution in [-0.2, 0) is 5.88 Å². The maximum atomic E-state index is 13.0. The molecule has 0 aliphatic rings. The summed E-state index contributed by atoms with van der Waals surface area (Å²) in [7, 11) is 0. The van der Waals surface area contributed by atoms with Gasteiger partial charge in [-0.2, -0.15) is 4.39 Å². The van der Waals surface area contributed by atoms with Crippen LogP contribution in [0.3, 0.4) is 0 Å². The number of aromatic nitrogens is 2. The number of nitrogens with zero attached hydrogens (tertiary/aromatic N) is 2.